The van der Waals surface area contributed by atoms with Crippen LogP contribution >= 0.6 is 11.6 Å². The Labute approximate surface area is 224 Å². The van der Waals surface area contributed by atoms with Crippen LogP contribution in [0.4, 0.5) is 5.69 Å². The Bertz CT molecular complexity index is 1360. The second-order valence-corrected chi connectivity index (χ2v) is 10.4. The first kappa shape index (κ1) is 26.0. The Morgan fingerprint density at radius 1 is 1.13 bits per heavy atom. The number of methoxy groups -OCH3 is 2. The molecule has 5 N–H and O–H groups in total. The maximum Gasteiger partial charge on any atom is 0.291 e. The minimum absolute atomic E-state index is 0.0434. The van der Waals surface area contributed by atoms with Crippen LogP contribution < -0.4 is 25.8 Å². The van der Waals surface area contributed by atoms with Crippen LogP contribution in [0.1, 0.15) is 29.5 Å². The summed E-state index contributed by atoms with van der Waals surface area (Å²) in [5, 5.41) is 5.20. The molecule has 38 heavy (non-hydrogen) atoms. The van der Waals surface area contributed by atoms with Crippen molar-refractivity contribution in [2.24, 2.45) is 17.6 Å². The molecule has 3 aliphatic rings. The highest BCUT2D eigenvalue weighted by Gasteiger charge is 2.74. The molecule has 4 atom stereocenters. The lowest BCUT2D eigenvalue weighted by Crippen LogP contribution is -2.99. The van der Waals surface area contributed by atoms with Crippen molar-refractivity contribution < 1.29 is 34.0 Å². The topological polar surface area (TPSA) is 145 Å². The summed E-state index contributed by atoms with van der Waals surface area (Å²) in [4.78, 5) is 54.2. The zero-order valence-corrected chi connectivity index (χ0v) is 22.1. The van der Waals surface area contributed by atoms with E-state index in [2.05, 4.69) is 5.32 Å². The van der Waals surface area contributed by atoms with Crippen molar-refractivity contribution in [3.05, 3.63) is 52.0 Å². The molecule has 2 saturated heterocycles. The molecule has 0 unspecified atom stereocenters. The predicted octanol–water partition coefficient (Wildman–Crippen LogP) is 0.868. The summed E-state index contributed by atoms with van der Waals surface area (Å²) < 4.78 is 10.7. The van der Waals surface area contributed by atoms with E-state index in [1.165, 1.54) is 12.0 Å². The third-order valence-corrected chi connectivity index (χ3v) is 8.54. The number of nitrogens with zero attached hydrogens (tertiary/aromatic N) is 1. The Balaban J connectivity index is 1.50. The molecule has 0 bridgehead atoms. The number of ether oxygens (including phenoxy) is 2. The smallest absolute Gasteiger partial charge is 0.291 e. The normalized spacial score (nSPS) is 25.5. The highest BCUT2D eigenvalue weighted by molar-refractivity contribution is 6.32. The quantitative estimate of drug-likeness (QED) is 0.423. The summed E-state index contributed by atoms with van der Waals surface area (Å²) in [5.41, 5.74) is 6.83. The Hall–Kier alpha value is -3.63. The summed E-state index contributed by atoms with van der Waals surface area (Å²) >= 11 is 6.32. The molecule has 11 heteroatoms. The lowest BCUT2D eigenvalue weighted by molar-refractivity contribution is -0.734. The fourth-order valence-corrected chi connectivity index (χ4v) is 6.44. The van der Waals surface area contributed by atoms with E-state index >= 15 is 0 Å². The lowest BCUT2D eigenvalue weighted by atomic mass is 9.76. The number of quaternary nitrogens is 1. The van der Waals surface area contributed by atoms with Crippen molar-refractivity contribution in [2.75, 3.05) is 26.1 Å². The number of hydrogen-bond acceptors (Lipinski definition) is 6. The first-order valence-electron chi connectivity index (χ1n) is 12.5. The molecule has 0 radical (unpaired) electrons. The molecule has 0 aromatic heterocycles. The SMILES string of the molecule is COc1ccc(CCN2C(=O)[C@@H]3[C@H](CCC(N)=O)[NH2+][C@@]4(C(=O)Nc5c4ccc(Cl)c5C)[C@@H]3C2=O)cc1OC. The first-order valence-corrected chi connectivity index (χ1v) is 12.8. The molecule has 1 spiro atoms. The number of amides is 4. The van der Waals surface area contributed by atoms with Gasteiger partial charge in [0.15, 0.2) is 11.5 Å². The van der Waals surface area contributed by atoms with Gasteiger partial charge in [0.1, 0.15) is 17.9 Å². The number of carbonyl (C=O) groups is 4. The van der Waals surface area contributed by atoms with Gasteiger partial charge >= 0.3 is 0 Å². The Morgan fingerprint density at radius 3 is 2.55 bits per heavy atom. The van der Waals surface area contributed by atoms with Crippen molar-refractivity contribution in [3.8, 4) is 11.5 Å². The van der Waals surface area contributed by atoms with Crippen molar-refractivity contribution in [3.63, 3.8) is 0 Å². The van der Waals surface area contributed by atoms with Gasteiger partial charge in [-0.05, 0) is 48.7 Å². The van der Waals surface area contributed by atoms with Crippen molar-refractivity contribution >= 4 is 40.9 Å². The summed E-state index contributed by atoms with van der Waals surface area (Å²) in [6.07, 6.45) is 0.717. The molecule has 0 aliphatic carbocycles. The van der Waals surface area contributed by atoms with Crippen LogP contribution in [0.3, 0.4) is 0 Å². The summed E-state index contributed by atoms with van der Waals surface area (Å²) in [6, 6.07) is 8.41. The maximum atomic E-state index is 13.9. The fraction of sp³-hybridized carbons (Fsp3) is 0.407. The second-order valence-electron chi connectivity index (χ2n) is 10.0. The molecular weight excluding hydrogens is 512 g/mol. The fourth-order valence-electron chi connectivity index (χ4n) is 6.28. The second kappa shape index (κ2) is 9.59. The first-order chi connectivity index (χ1) is 18.1. The van der Waals surface area contributed by atoms with Crippen LogP contribution in [0.15, 0.2) is 30.3 Å². The van der Waals surface area contributed by atoms with E-state index in [4.69, 9.17) is 26.8 Å². The van der Waals surface area contributed by atoms with Gasteiger partial charge < -0.3 is 25.8 Å². The number of imide groups is 1. The average molecular weight is 542 g/mol. The van der Waals surface area contributed by atoms with Crippen LogP contribution in [-0.4, -0.2) is 55.3 Å². The van der Waals surface area contributed by atoms with Gasteiger partial charge in [-0.1, -0.05) is 17.7 Å². The number of primary amides is 1. The van der Waals surface area contributed by atoms with Crippen LogP contribution in [-0.2, 0) is 31.1 Å². The number of anilines is 1. The standard InChI is InChI=1S/C27H29ClN4O6/c1-13-16(28)6-5-15-23(13)30-26(36)27(15)22-21(17(31-27)7-9-20(29)33)24(34)32(25(22)35)11-10-14-4-8-18(37-2)19(12-14)38-3/h4-6,8,12,17,21-22,31H,7,9-11H2,1-3H3,(H2,29,33)(H,30,36)/p+1/t17-,21+,22-,27+/m0/s1. The number of halogens is 1. The maximum absolute atomic E-state index is 13.9. The molecule has 0 saturated carbocycles. The van der Waals surface area contributed by atoms with Crippen molar-refractivity contribution in [1.29, 1.82) is 0 Å². The van der Waals surface area contributed by atoms with E-state index in [0.717, 1.165) is 5.56 Å². The van der Waals surface area contributed by atoms with E-state index in [9.17, 15) is 19.2 Å². The summed E-state index contributed by atoms with van der Waals surface area (Å²) in [6.45, 7) is 1.95. The molecule has 5 rings (SSSR count). The van der Waals surface area contributed by atoms with Gasteiger partial charge in [-0.2, -0.15) is 0 Å². The van der Waals surface area contributed by atoms with Gasteiger partial charge in [-0.3, -0.25) is 24.1 Å². The van der Waals surface area contributed by atoms with E-state index in [1.54, 1.807) is 37.5 Å². The molecule has 2 aromatic rings. The molecule has 10 nitrogen and oxygen atoms in total. The molecule has 2 aromatic carbocycles. The lowest BCUT2D eigenvalue weighted by Gasteiger charge is -2.26. The van der Waals surface area contributed by atoms with Gasteiger partial charge in [-0.15, -0.1) is 0 Å². The predicted molar refractivity (Wildman–Crippen MR) is 138 cm³/mol. The van der Waals surface area contributed by atoms with Crippen LogP contribution in [0.25, 0.3) is 0 Å². The molecule has 200 valence electrons. The largest absolute Gasteiger partial charge is 0.493 e. The van der Waals surface area contributed by atoms with Crippen LogP contribution in [0.5, 0.6) is 11.5 Å². The number of fused-ring (bicyclic) bond motifs is 4. The van der Waals surface area contributed by atoms with Gasteiger partial charge in [0.25, 0.3) is 5.91 Å². The van der Waals surface area contributed by atoms with E-state index in [1.807, 2.05) is 12.1 Å². The van der Waals surface area contributed by atoms with E-state index in [0.29, 0.717) is 39.8 Å². The number of nitrogens with two attached hydrogens (primary N) is 2. The third-order valence-electron chi connectivity index (χ3n) is 8.13. The summed E-state index contributed by atoms with van der Waals surface area (Å²) in [5.74, 6) is -2.15. The number of rotatable bonds is 8. The van der Waals surface area contributed by atoms with Gasteiger partial charge in [0, 0.05) is 30.0 Å². The highest BCUT2D eigenvalue weighted by Crippen LogP contribution is 2.51. The van der Waals surface area contributed by atoms with Gasteiger partial charge in [-0.25, -0.2) is 0 Å². The van der Waals surface area contributed by atoms with E-state index < -0.39 is 35.2 Å². The van der Waals surface area contributed by atoms with Crippen molar-refractivity contribution in [1.82, 2.24) is 4.90 Å². The number of likely N-dealkylation sites (tertiary alicyclic amines) is 1. The van der Waals surface area contributed by atoms with Crippen LogP contribution in [0.2, 0.25) is 5.02 Å². The zero-order chi connectivity index (χ0) is 27.4. The number of hydrogen-bond donors (Lipinski definition) is 3. The van der Waals surface area contributed by atoms with Crippen molar-refractivity contribution in [2.45, 2.75) is 37.8 Å². The molecule has 2 fully saturated rings. The summed E-state index contributed by atoms with van der Waals surface area (Å²) in [7, 11) is 3.09. The Morgan fingerprint density at radius 2 is 1.87 bits per heavy atom. The van der Waals surface area contributed by atoms with Gasteiger partial charge in [0.05, 0.1) is 19.9 Å². The highest BCUT2D eigenvalue weighted by atomic mass is 35.5. The van der Waals surface area contributed by atoms with E-state index in [-0.39, 0.29) is 31.2 Å². The molecule has 3 aliphatic heterocycles. The average Bonchev–Trinajstić information content (AvgIpc) is 3.48. The number of carbonyl (C=O) groups excluding carboxylic acids is 4. The molecule has 3 heterocycles. The van der Waals surface area contributed by atoms with Gasteiger partial charge in [0.2, 0.25) is 23.3 Å². The molecular formula is C27H30ClN4O6+. The number of benzene rings is 2. The monoisotopic (exact) mass is 541 g/mol. The zero-order valence-electron chi connectivity index (χ0n) is 21.4. The molecule has 4 amide bonds. The minimum atomic E-state index is -1.33. The van der Waals surface area contributed by atoms with Crippen LogP contribution in [0, 0.1) is 18.8 Å². The minimum Gasteiger partial charge on any atom is -0.493 e. The Kier molecular flexibility index (Phi) is 6.56. The third kappa shape index (κ3) is 3.82. The number of nitrogens with one attached hydrogen (secondary N) is 1.